The summed E-state index contributed by atoms with van der Waals surface area (Å²) in [5.41, 5.74) is 3.32. The maximum absolute atomic E-state index is 13.0. The first-order valence-electron chi connectivity index (χ1n) is 18.6. The number of benzene rings is 4. The fourth-order valence-corrected chi connectivity index (χ4v) is 9.67. The molecule has 1 fully saturated rings. The van der Waals surface area contributed by atoms with Gasteiger partial charge in [0.2, 0.25) is 0 Å². The molecule has 10 nitrogen and oxygen atoms in total. The Morgan fingerprint density at radius 2 is 1.54 bits per heavy atom. The number of aryl methyl sites for hydroxylation is 2. The zero-order chi connectivity index (χ0) is 40.7. The molecule has 1 N–H and O–H groups in total. The molecule has 1 heterocycles. The van der Waals surface area contributed by atoms with E-state index in [0.29, 0.717) is 30.8 Å². The van der Waals surface area contributed by atoms with E-state index in [4.69, 9.17) is 23.7 Å². The number of ether oxygens (including phenoxy) is 5. The first-order chi connectivity index (χ1) is 26.7. The molecule has 0 amide bonds. The van der Waals surface area contributed by atoms with Gasteiger partial charge in [-0.15, -0.1) is 22.4 Å². The molecule has 7 atom stereocenters. The molecular formula is C40H46B2I2O10P2. The third kappa shape index (κ3) is 11.3. The zero-order valence-electron chi connectivity index (χ0n) is 32.1. The van der Waals surface area contributed by atoms with E-state index >= 15 is 0 Å². The Kier molecular flexibility index (Phi) is 16.1. The van der Waals surface area contributed by atoms with Gasteiger partial charge in [-0.2, -0.15) is 9.12 Å². The number of carboxylic acids is 1. The number of carbonyl (C=O) groups is 4. The van der Waals surface area contributed by atoms with Crippen LogP contribution in [0.4, 0.5) is 0 Å². The highest BCUT2D eigenvalue weighted by Crippen LogP contribution is 2.51. The lowest BCUT2D eigenvalue weighted by molar-refractivity contribution is -0.154. The Bertz CT molecular complexity index is 2080. The predicted molar refractivity (Wildman–Crippen MR) is 244 cm³/mol. The third-order valence-electron chi connectivity index (χ3n) is 9.75. The van der Waals surface area contributed by atoms with E-state index in [1.807, 2.05) is 61.1 Å². The van der Waals surface area contributed by atoms with Crippen LogP contribution in [-0.2, 0) is 46.2 Å². The minimum atomic E-state index is -1.05. The number of aliphatic carboxylic acids is 1. The number of esters is 3. The molecule has 4 aromatic carbocycles. The van der Waals surface area contributed by atoms with Crippen LogP contribution in [0.15, 0.2) is 60.7 Å². The lowest BCUT2D eigenvalue weighted by atomic mass is 9.82. The van der Waals surface area contributed by atoms with Crippen LogP contribution < -0.4 is 9.47 Å². The summed E-state index contributed by atoms with van der Waals surface area (Å²) in [7, 11) is 4.47. The van der Waals surface area contributed by atoms with Crippen LogP contribution in [0.2, 0.25) is 5.82 Å². The van der Waals surface area contributed by atoms with Gasteiger partial charge in [0.05, 0.1) is 24.6 Å². The molecule has 16 heteroatoms. The van der Waals surface area contributed by atoms with Crippen molar-refractivity contribution < 1.29 is 48.0 Å². The van der Waals surface area contributed by atoms with Gasteiger partial charge in [0.1, 0.15) is 42.8 Å². The zero-order valence-corrected chi connectivity index (χ0v) is 38.5. The van der Waals surface area contributed by atoms with Crippen LogP contribution in [0.25, 0.3) is 21.5 Å². The predicted octanol–water partition coefficient (Wildman–Crippen LogP) is 8.38. The van der Waals surface area contributed by atoms with E-state index in [1.165, 1.54) is 0 Å². The largest absolute Gasteiger partial charge is 0.489 e. The molecule has 0 aliphatic carbocycles. The van der Waals surface area contributed by atoms with Crippen molar-refractivity contribution in [2.24, 2.45) is 5.92 Å². The summed E-state index contributed by atoms with van der Waals surface area (Å²) < 4.78 is 29.6. The van der Waals surface area contributed by atoms with Gasteiger partial charge in [0.25, 0.3) is 4.29 Å². The number of rotatable bonds is 18. The molecule has 296 valence electrons. The quantitative estimate of drug-likeness (QED) is 0.0341. The lowest BCUT2D eigenvalue weighted by Crippen LogP contribution is -2.26. The highest BCUT2D eigenvalue weighted by Gasteiger charge is 2.38. The van der Waals surface area contributed by atoms with Gasteiger partial charge in [-0.3, -0.25) is 19.2 Å². The van der Waals surface area contributed by atoms with Crippen LogP contribution in [0.5, 0.6) is 11.5 Å². The van der Waals surface area contributed by atoms with Crippen molar-refractivity contribution >= 4 is 116 Å². The molecule has 0 bridgehead atoms. The number of carboxylic acid groups (broad SMARTS) is 1. The van der Waals surface area contributed by atoms with Crippen molar-refractivity contribution in [2.75, 3.05) is 13.2 Å². The number of hydrogen-bond donors (Lipinski definition) is 1. The van der Waals surface area contributed by atoms with Crippen LogP contribution >= 0.6 is 59.0 Å². The Morgan fingerprint density at radius 1 is 0.964 bits per heavy atom. The van der Waals surface area contributed by atoms with E-state index in [0.717, 1.165) is 43.8 Å². The Hall–Kier alpha value is -2.67. The second kappa shape index (κ2) is 20.3. The van der Waals surface area contributed by atoms with Gasteiger partial charge >= 0.3 is 23.9 Å². The van der Waals surface area contributed by atoms with Gasteiger partial charge in [0, 0.05) is 24.0 Å². The summed E-state index contributed by atoms with van der Waals surface area (Å²) in [5, 5.41) is 13.7. The van der Waals surface area contributed by atoms with E-state index in [2.05, 4.69) is 74.5 Å². The van der Waals surface area contributed by atoms with Crippen molar-refractivity contribution in [3.05, 3.63) is 82.9 Å². The average molecular weight is 1020 g/mol. The number of hydrogen-bond acceptors (Lipinski definition) is 9. The van der Waals surface area contributed by atoms with Gasteiger partial charge in [0.15, 0.2) is 7.57 Å². The first-order valence-corrected chi connectivity index (χ1v) is 25.1. The molecule has 7 unspecified atom stereocenters. The summed E-state index contributed by atoms with van der Waals surface area (Å²) in [6.07, 6.45) is 0.172. The molecule has 0 aromatic heterocycles. The van der Waals surface area contributed by atoms with E-state index in [1.54, 1.807) is 13.8 Å². The highest BCUT2D eigenvalue weighted by atomic mass is 127. The van der Waals surface area contributed by atoms with Crippen LogP contribution in [0.3, 0.4) is 0 Å². The fraction of sp³-hybridized carbons (Fsp3) is 0.400. The van der Waals surface area contributed by atoms with Crippen molar-refractivity contribution in [1.29, 1.82) is 0 Å². The van der Waals surface area contributed by atoms with Gasteiger partial charge in [-0.05, 0) is 77.4 Å². The summed E-state index contributed by atoms with van der Waals surface area (Å²) >= 11 is 4.27. The number of halogens is 2. The molecular weight excluding hydrogens is 978 g/mol. The standard InChI is InChI=1S/C40H46B2I2O10P2/c1-5-29-30-12-8-7-11-26(30)15-27(38(29)51-21-24(4)52-34(45)17-28-18-36(56(41)44)54-40(28)49)16-32-31-13-9-6-10-25(31)14-22(2)37(32)50-20-23(3)53-35(46)19-33(39(47)48)42(43)55/h6-15,23-24,28,33,36H,5,16-21,41,55H2,1-4H3,(H,47,48). The SMILES string of the molecule is BP(I)C1CC(CC(=O)OC(C)COc2c(Cc3c(OCC(C)OC(=O)CC(B(P)I)C(=O)O)c(C)cc4ccccc34)cc3ccccc3c2CC)C(=O)O1. The fourth-order valence-electron chi connectivity index (χ4n) is 6.99. The van der Waals surface area contributed by atoms with Crippen molar-refractivity contribution in [3.8, 4) is 11.5 Å². The highest BCUT2D eigenvalue weighted by molar-refractivity contribution is 14.2. The Labute approximate surface area is 358 Å². The van der Waals surface area contributed by atoms with Crippen LogP contribution in [0.1, 0.15) is 62.3 Å². The number of fused-ring (bicyclic) bond motifs is 2. The van der Waals surface area contributed by atoms with Crippen LogP contribution in [0, 0.1) is 12.8 Å². The monoisotopic (exact) mass is 1020 g/mol. The molecule has 5 rings (SSSR count). The van der Waals surface area contributed by atoms with E-state index in [-0.39, 0.29) is 42.2 Å². The topological polar surface area (TPSA) is 135 Å². The molecule has 1 aliphatic heterocycles. The average Bonchev–Trinajstić information content (AvgIpc) is 3.51. The van der Waals surface area contributed by atoms with Crippen LogP contribution in [-0.4, -0.2) is 72.1 Å². The Morgan fingerprint density at radius 3 is 2.11 bits per heavy atom. The lowest BCUT2D eigenvalue weighted by Gasteiger charge is -2.23. The van der Waals surface area contributed by atoms with Gasteiger partial charge in [-0.25, -0.2) is 0 Å². The maximum Gasteiger partial charge on any atom is 0.310 e. The smallest absolute Gasteiger partial charge is 0.310 e. The first kappa shape index (κ1) is 44.4. The van der Waals surface area contributed by atoms with E-state index in [9.17, 15) is 24.3 Å². The molecule has 0 radical (unpaired) electrons. The summed E-state index contributed by atoms with van der Waals surface area (Å²) in [4.78, 5) is 49.8. The summed E-state index contributed by atoms with van der Waals surface area (Å²) in [6.45, 7) is 7.75. The van der Waals surface area contributed by atoms with Crippen molar-refractivity contribution in [2.45, 2.75) is 83.7 Å². The molecule has 1 saturated heterocycles. The number of cyclic esters (lactones) is 1. The summed E-state index contributed by atoms with van der Waals surface area (Å²) in [5.74, 6) is -2.59. The third-order valence-corrected chi connectivity index (χ3v) is 14.1. The molecule has 4 aromatic rings. The molecule has 56 heavy (non-hydrogen) atoms. The minimum Gasteiger partial charge on any atom is -0.489 e. The molecule has 0 saturated carbocycles. The minimum absolute atomic E-state index is 0.0262. The van der Waals surface area contributed by atoms with Gasteiger partial charge < -0.3 is 28.8 Å². The maximum atomic E-state index is 13.0. The second-order valence-electron chi connectivity index (χ2n) is 14.2. The van der Waals surface area contributed by atoms with Gasteiger partial charge in [-0.1, -0.05) is 77.5 Å². The molecule has 0 spiro atoms. The second-order valence-corrected chi connectivity index (χ2v) is 23.9. The Balaban J connectivity index is 1.40. The number of carbonyl (C=O) groups excluding carboxylic acids is 3. The van der Waals surface area contributed by atoms with Crippen molar-refractivity contribution in [3.63, 3.8) is 0 Å². The van der Waals surface area contributed by atoms with Crippen molar-refractivity contribution in [1.82, 2.24) is 0 Å². The molecule has 1 aliphatic rings. The van der Waals surface area contributed by atoms with E-state index < -0.39 is 47.3 Å². The normalized spacial score (nSPS) is 17.4. The summed E-state index contributed by atoms with van der Waals surface area (Å²) in [6, 6.07) is 20.5.